The molecule has 1 saturated carbocycles. The van der Waals surface area contributed by atoms with Crippen LogP contribution in [0.15, 0.2) is 18.2 Å². The lowest BCUT2D eigenvalue weighted by molar-refractivity contribution is 0.681. The summed E-state index contributed by atoms with van der Waals surface area (Å²) in [5.74, 6) is 1.69. The molecule has 2 aromatic rings. The van der Waals surface area contributed by atoms with Crippen molar-refractivity contribution in [2.45, 2.75) is 31.6 Å². The lowest BCUT2D eigenvalue weighted by atomic mass is 10.1. The number of hydrogen-bond acceptors (Lipinski definition) is 2. The van der Waals surface area contributed by atoms with Crippen LogP contribution in [0.3, 0.4) is 0 Å². The molecule has 16 heavy (non-hydrogen) atoms. The van der Waals surface area contributed by atoms with Gasteiger partial charge in [-0.25, -0.2) is 4.98 Å². The maximum Gasteiger partial charge on any atom is 0.110 e. The SMILES string of the molecule is N#Cc1ccc2nc(C3CCCC3)[nH]c2c1. The minimum absolute atomic E-state index is 0.595. The van der Waals surface area contributed by atoms with E-state index in [1.807, 2.05) is 18.2 Å². The van der Waals surface area contributed by atoms with Gasteiger partial charge in [0, 0.05) is 5.92 Å². The van der Waals surface area contributed by atoms with Gasteiger partial charge >= 0.3 is 0 Å². The molecule has 0 bridgehead atoms. The van der Waals surface area contributed by atoms with E-state index in [1.54, 1.807) is 0 Å². The van der Waals surface area contributed by atoms with Crippen LogP contribution in [0.5, 0.6) is 0 Å². The Balaban J connectivity index is 2.05. The zero-order valence-corrected chi connectivity index (χ0v) is 9.03. The Morgan fingerprint density at radius 2 is 2.12 bits per heavy atom. The number of nitriles is 1. The van der Waals surface area contributed by atoms with Crippen molar-refractivity contribution in [2.75, 3.05) is 0 Å². The van der Waals surface area contributed by atoms with E-state index < -0.39 is 0 Å². The topological polar surface area (TPSA) is 52.5 Å². The predicted octanol–water partition coefficient (Wildman–Crippen LogP) is 3.09. The monoisotopic (exact) mass is 211 g/mol. The van der Waals surface area contributed by atoms with Gasteiger partial charge in [0.15, 0.2) is 0 Å². The van der Waals surface area contributed by atoms with Gasteiger partial charge in [-0.2, -0.15) is 5.26 Å². The molecule has 0 amide bonds. The van der Waals surface area contributed by atoms with Gasteiger partial charge in [0.25, 0.3) is 0 Å². The summed E-state index contributed by atoms with van der Waals surface area (Å²) in [6.45, 7) is 0. The highest BCUT2D eigenvalue weighted by Crippen LogP contribution is 2.33. The Kier molecular flexibility index (Phi) is 2.14. The van der Waals surface area contributed by atoms with Crippen LogP contribution in [-0.2, 0) is 0 Å². The number of benzene rings is 1. The van der Waals surface area contributed by atoms with Crippen molar-refractivity contribution >= 4 is 11.0 Å². The summed E-state index contributed by atoms with van der Waals surface area (Å²) >= 11 is 0. The van der Waals surface area contributed by atoms with E-state index in [9.17, 15) is 0 Å². The quantitative estimate of drug-likeness (QED) is 0.788. The Bertz CT molecular complexity index is 556. The maximum absolute atomic E-state index is 8.83. The first-order valence-corrected chi connectivity index (χ1v) is 5.76. The molecular formula is C13H13N3. The molecule has 0 aliphatic heterocycles. The smallest absolute Gasteiger partial charge is 0.110 e. The second-order valence-corrected chi connectivity index (χ2v) is 4.45. The van der Waals surface area contributed by atoms with Crippen molar-refractivity contribution in [3.8, 4) is 6.07 Å². The fourth-order valence-corrected chi connectivity index (χ4v) is 2.49. The highest BCUT2D eigenvalue weighted by Gasteiger charge is 2.20. The van der Waals surface area contributed by atoms with Crippen LogP contribution < -0.4 is 0 Å². The number of rotatable bonds is 1. The Morgan fingerprint density at radius 3 is 2.88 bits per heavy atom. The molecule has 1 aromatic heterocycles. The van der Waals surface area contributed by atoms with E-state index in [4.69, 9.17) is 5.26 Å². The molecule has 1 aliphatic carbocycles. The summed E-state index contributed by atoms with van der Waals surface area (Å²) in [6.07, 6.45) is 5.10. The first kappa shape index (κ1) is 9.41. The van der Waals surface area contributed by atoms with Crippen molar-refractivity contribution in [3.05, 3.63) is 29.6 Å². The van der Waals surface area contributed by atoms with Crippen LogP contribution in [0.2, 0.25) is 0 Å². The largest absolute Gasteiger partial charge is 0.342 e. The number of imidazole rings is 1. The molecule has 0 spiro atoms. The molecule has 3 nitrogen and oxygen atoms in total. The lowest BCUT2D eigenvalue weighted by Gasteiger charge is -2.02. The third kappa shape index (κ3) is 1.47. The van der Waals surface area contributed by atoms with E-state index in [0.29, 0.717) is 11.5 Å². The van der Waals surface area contributed by atoms with E-state index in [1.165, 1.54) is 25.7 Å². The van der Waals surface area contributed by atoms with E-state index >= 15 is 0 Å². The minimum Gasteiger partial charge on any atom is -0.342 e. The van der Waals surface area contributed by atoms with Gasteiger partial charge in [-0.05, 0) is 31.0 Å². The number of nitrogens with zero attached hydrogens (tertiary/aromatic N) is 2. The molecule has 0 radical (unpaired) electrons. The van der Waals surface area contributed by atoms with Crippen LogP contribution in [0.4, 0.5) is 0 Å². The Labute approximate surface area is 94.1 Å². The highest BCUT2D eigenvalue weighted by atomic mass is 14.9. The summed E-state index contributed by atoms with van der Waals surface area (Å²) in [5.41, 5.74) is 2.65. The van der Waals surface area contributed by atoms with Crippen LogP contribution in [0.1, 0.15) is 43.0 Å². The average Bonchev–Trinajstić information content (AvgIpc) is 2.96. The second-order valence-electron chi connectivity index (χ2n) is 4.45. The fraction of sp³-hybridized carbons (Fsp3) is 0.385. The Hall–Kier alpha value is -1.82. The van der Waals surface area contributed by atoms with Gasteiger partial charge in [-0.1, -0.05) is 12.8 Å². The zero-order valence-electron chi connectivity index (χ0n) is 9.03. The summed E-state index contributed by atoms with van der Waals surface area (Å²) < 4.78 is 0. The molecule has 0 saturated heterocycles. The van der Waals surface area contributed by atoms with Crippen molar-refractivity contribution in [1.82, 2.24) is 9.97 Å². The van der Waals surface area contributed by atoms with Crippen molar-refractivity contribution in [2.24, 2.45) is 0 Å². The number of aromatic amines is 1. The third-order valence-electron chi connectivity index (χ3n) is 3.37. The number of H-pyrrole nitrogens is 1. The molecule has 3 heteroatoms. The predicted molar refractivity (Wildman–Crippen MR) is 62.0 cm³/mol. The van der Waals surface area contributed by atoms with E-state index in [0.717, 1.165) is 16.9 Å². The van der Waals surface area contributed by atoms with Crippen LogP contribution in [-0.4, -0.2) is 9.97 Å². The van der Waals surface area contributed by atoms with Crippen LogP contribution in [0.25, 0.3) is 11.0 Å². The number of hydrogen-bond donors (Lipinski definition) is 1. The summed E-state index contributed by atoms with van der Waals surface area (Å²) in [7, 11) is 0. The van der Waals surface area contributed by atoms with E-state index in [-0.39, 0.29) is 0 Å². The molecular weight excluding hydrogens is 198 g/mol. The summed E-state index contributed by atoms with van der Waals surface area (Å²) in [6, 6.07) is 7.77. The van der Waals surface area contributed by atoms with Gasteiger partial charge in [0.2, 0.25) is 0 Å². The molecule has 1 N–H and O–H groups in total. The van der Waals surface area contributed by atoms with Crippen molar-refractivity contribution in [3.63, 3.8) is 0 Å². The molecule has 80 valence electrons. The molecule has 1 aromatic carbocycles. The van der Waals surface area contributed by atoms with Gasteiger partial charge < -0.3 is 4.98 Å². The van der Waals surface area contributed by atoms with Gasteiger partial charge in [0.05, 0.1) is 22.7 Å². The van der Waals surface area contributed by atoms with Crippen LogP contribution >= 0.6 is 0 Å². The fourth-order valence-electron chi connectivity index (χ4n) is 2.49. The molecule has 0 unspecified atom stereocenters. The molecule has 1 fully saturated rings. The lowest BCUT2D eigenvalue weighted by Crippen LogP contribution is -1.93. The first-order chi connectivity index (χ1) is 7.86. The first-order valence-electron chi connectivity index (χ1n) is 5.76. The number of nitrogens with one attached hydrogen (secondary N) is 1. The molecule has 3 rings (SSSR count). The van der Waals surface area contributed by atoms with Crippen molar-refractivity contribution in [1.29, 1.82) is 5.26 Å². The number of fused-ring (bicyclic) bond motifs is 1. The van der Waals surface area contributed by atoms with Gasteiger partial charge in [0.1, 0.15) is 5.82 Å². The second kappa shape index (κ2) is 3.64. The Morgan fingerprint density at radius 1 is 1.31 bits per heavy atom. The van der Waals surface area contributed by atoms with Gasteiger partial charge in [-0.15, -0.1) is 0 Å². The molecule has 0 atom stereocenters. The standard InChI is InChI=1S/C13H13N3/c14-8-9-5-6-11-12(7-9)16-13(15-11)10-3-1-2-4-10/h5-7,10H,1-4H2,(H,15,16). The summed E-state index contributed by atoms with van der Waals surface area (Å²) in [5, 5.41) is 8.83. The average molecular weight is 211 g/mol. The summed E-state index contributed by atoms with van der Waals surface area (Å²) in [4.78, 5) is 7.96. The van der Waals surface area contributed by atoms with Crippen LogP contribution in [0, 0.1) is 11.3 Å². The third-order valence-corrected chi connectivity index (χ3v) is 3.37. The highest BCUT2D eigenvalue weighted by molar-refractivity contribution is 5.76. The molecule has 1 heterocycles. The van der Waals surface area contributed by atoms with E-state index in [2.05, 4.69) is 16.0 Å². The minimum atomic E-state index is 0.595. The number of aromatic nitrogens is 2. The molecule has 1 aliphatic rings. The van der Waals surface area contributed by atoms with Gasteiger partial charge in [-0.3, -0.25) is 0 Å². The van der Waals surface area contributed by atoms with Crippen molar-refractivity contribution < 1.29 is 0 Å². The maximum atomic E-state index is 8.83. The normalized spacial score (nSPS) is 16.7. The zero-order chi connectivity index (χ0) is 11.0.